The molecule has 0 aliphatic carbocycles. The van der Waals surface area contributed by atoms with Crippen LogP contribution in [0.15, 0.2) is 36.5 Å². The van der Waals surface area contributed by atoms with Crippen LogP contribution < -0.4 is 5.32 Å². The van der Waals surface area contributed by atoms with Gasteiger partial charge in [0, 0.05) is 0 Å². The smallest absolute Gasteiger partial charge is 0.154 e. The number of nitrogens with one attached hydrogen (secondary N) is 1. The first-order chi connectivity index (χ1) is 10.1. The van der Waals surface area contributed by atoms with Crippen LogP contribution in [0.2, 0.25) is 10.3 Å². The Labute approximate surface area is 132 Å². The number of halogens is 2. The summed E-state index contributed by atoms with van der Waals surface area (Å²) in [7, 11) is 0. The van der Waals surface area contributed by atoms with Crippen molar-refractivity contribution in [2.45, 2.75) is 13.5 Å². The van der Waals surface area contributed by atoms with Crippen LogP contribution in [0.5, 0.6) is 0 Å². The molecule has 0 aliphatic rings. The highest BCUT2D eigenvalue weighted by molar-refractivity contribution is 6.34. The molecular weight excluding hydrogens is 307 g/mol. The highest BCUT2D eigenvalue weighted by atomic mass is 35.5. The van der Waals surface area contributed by atoms with E-state index in [1.807, 2.05) is 31.2 Å². The van der Waals surface area contributed by atoms with E-state index in [1.165, 1.54) is 0 Å². The maximum absolute atomic E-state index is 6.10. The van der Waals surface area contributed by atoms with Crippen LogP contribution in [0.4, 0.5) is 5.69 Å². The van der Waals surface area contributed by atoms with Crippen molar-refractivity contribution in [1.29, 1.82) is 0 Å². The topological polar surface area (TPSA) is 50.7 Å². The first-order valence-corrected chi connectivity index (χ1v) is 7.16. The van der Waals surface area contributed by atoms with Gasteiger partial charge in [-0.15, -0.1) is 0 Å². The highest BCUT2D eigenvalue weighted by Crippen LogP contribution is 2.26. The van der Waals surface area contributed by atoms with Gasteiger partial charge in [0.1, 0.15) is 5.15 Å². The lowest BCUT2D eigenvalue weighted by Crippen LogP contribution is -2.05. The number of aromatic nitrogens is 3. The summed E-state index contributed by atoms with van der Waals surface area (Å²) in [4.78, 5) is 13.0. The number of benzene rings is 1. The number of pyridine rings is 1. The SMILES string of the molecule is Cc1cc(Cl)nc(Cl)c1NCc1cnc2ccccc2n1. The zero-order chi connectivity index (χ0) is 14.8. The number of hydrogen-bond donors (Lipinski definition) is 1. The molecule has 1 N–H and O–H groups in total. The van der Waals surface area contributed by atoms with Crippen molar-refractivity contribution in [3.63, 3.8) is 0 Å². The van der Waals surface area contributed by atoms with Gasteiger partial charge in [-0.25, -0.2) is 9.97 Å². The summed E-state index contributed by atoms with van der Waals surface area (Å²) in [6, 6.07) is 9.52. The largest absolute Gasteiger partial charge is 0.377 e. The molecule has 0 bridgehead atoms. The fourth-order valence-corrected chi connectivity index (χ4v) is 2.67. The Hall–Kier alpha value is -1.91. The number of rotatable bonds is 3. The van der Waals surface area contributed by atoms with Crippen LogP contribution in [-0.4, -0.2) is 15.0 Å². The number of para-hydroxylation sites is 2. The van der Waals surface area contributed by atoms with Gasteiger partial charge in [-0.3, -0.25) is 4.98 Å². The van der Waals surface area contributed by atoms with E-state index in [1.54, 1.807) is 12.3 Å². The van der Waals surface area contributed by atoms with Gasteiger partial charge >= 0.3 is 0 Å². The van der Waals surface area contributed by atoms with Crippen molar-refractivity contribution in [3.05, 3.63) is 58.1 Å². The van der Waals surface area contributed by atoms with E-state index < -0.39 is 0 Å². The molecule has 106 valence electrons. The second kappa shape index (κ2) is 5.84. The summed E-state index contributed by atoms with van der Waals surface area (Å²) in [6.07, 6.45) is 1.75. The standard InChI is InChI=1S/C15H12Cl2N4/c1-9-6-13(16)21-15(17)14(9)19-8-10-7-18-11-4-2-3-5-12(11)20-10/h2-7,19H,8H2,1H3. The van der Waals surface area contributed by atoms with Crippen molar-refractivity contribution in [3.8, 4) is 0 Å². The first kappa shape index (κ1) is 14.0. The fourth-order valence-electron chi connectivity index (χ4n) is 2.07. The van der Waals surface area contributed by atoms with Gasteiger partial charge in [-0.1, -0.05) is 35.3 Å². The molecule has 0 atom stereocenters. The predicted molar refractivity (Wildman–Crippen MR) is 85.9 cm³/mol. The number of hydrogen-bond acceptors (Lipinski definition) is 4. The van der Waals surface area contributed by atoms with E-state index in [0.29, 0.717) is 16.9 Å². The molecule has 0 spiro atoms. The van der Waals surface area contributed by atoms with Crippen LogP contribution in [0.3, 0.4) is 0 Å². The molecule has 2 heterocycles. The maximum atomic E-state index is 6.10. The number of fused-ring (bicyclic) bond motifs is 1. The molecule has 0 unspecified atom stereocenters. The van der Waals surface area contributed by atoms with Crippen LogP contribution in [0.1, 0.15) is 11.3 Å². The predicted octanol–water partition coefficient (Wildman–Crippen LogP) is 4.25. The lowest BCUT2D eigenvalue weighted by Gasteiger charge is -2.11. The Morgan fingerprint density at radius 3 is 2.62 bits per heavy atom. The van der Waals surface area contributed by atoms with Gasteiger partial charge in [-0.2, -0.15) is 0 Å². The Bertz CT molecular complexity index is 782. The molecule has 21 heavy (non-hydrogen) atoms. The maximum Gasteiger partial charge on any atom is 0.154 e. The lowest BCUT2D eigenvalue weighted by atomic mass is 10.2. The Morgan fingerprint density at radius 1 is 1.10 bits per heavy atom. The van der Waals surface area contributed by atoms with E-state index in [2.05, 4.69) is 20.3 Å². The van der Waals surface area contributed by atoms with Crippen molar-refractivity contribution < 1.29 is 0 Å². The number of aryl methyl sites for hydroxylation is 1. The third-order valence-corrected chi connectivity index (χ3v) is 3.55. The van der Waals surface area contributed by atoms with E-state index in [9.17, 15) is 0 Å². The second-order valence-electron chi connectivity index (χ2n) is 4.63. The average molecular weight is 319 g/mol. The minimum atomic E-state index is 0.355. The number of nitrogens with zero attached hydrogens (tertiary/aromatic N) is 3. The quantitative estimate of drug-likeness (QED) is 0.733. The third-order valence-electron chi connectivity index (χ3n) is 3.09. The van der Waals surface area contributed by atoms with Gasteiger partial charge in [0.15, 0.2) is 5.15 Å². The lowest BCUT2D eigenvalue weighted by molar-refractivity contribution is 1.03. The van der Waals surface area contributed by atoms with Crippen molar-refractivity contribution in [2.24, 2.45) is 0 Å². The number of anilines is 1. The second-order valence-corrected chi connectivity index (χ2v) is 5.38. The highest BCUT2D eigenvalue weighted by Gasteiger charge is 2.08. The van der Waals surface area contributed by atoms with E-state index in [0.717, 1.165) is 28.0 Å². The molecule has 0 aliphatic heterocycles. The molecule has 0 radical (unpaired) electrons. The molecule has 0 fully saturated rings. The van der Waals surface area contributed by atoms with Crippen molar-refractivity contribution in [1.82, 2.24) is 15.0 Å². The summed E-state index contributed by atoms with van der Waals surface area (Å²) in [6.45, 7) is 2.44. The van der Waals surface area contributed by atoms with E-state index in [-0.39, 0.29) is 0 Å². The van der Waals surface area contributed by atoms with Gasteiger partial charge in [-0.05, 0) is 30.7 Å². The summed E-state index contributed by atoms with van der Waals surface area (Å²) in [5.41, 5.74) is 4.28. The molecule has 0 amide bonds. The fraction of sp³-hybridized carbons (Fsp3) is 0.133. The molecule has 0 saturated heterocycles. The molecular formula is C15H12Cl2N4. The zero-order valence-corrected chi connectivity index (χ0v) is 12.8. The van der Waals surface area contributed by atoms with Crippen LogP contribution in [0, 0.1) is 6.92 Å². The Kier molecular flexibility index (Phi) is 3.90. The van der Waals surface area contributed by atoms with E-state index in [4.69, 9.17) is 23.2 Å². The van der Waals surface area contributed by atoms with E-state index >= 15 is 0 Å². The summed E-state index contributed by atoms with van der Waals surface area (Å²) < 4.78 is 0. The van der Waals surface area contributed by atoms with Crippen LogP contribution in [0.25, 0.3) is 11.0 Å². The summed E-state index contributed by atoms with van der Waals surface area (Å²) in [5, 5.41) is 3.97. The normalized spacial score (nSPS) is 10.8. The monoisotopic (exact) mass is 318 g/mol. The first-order valence-electron chi connectivity index (χ1n) is 6.40. The van der Waals surface area contributed by atoms with Gasteiger partial charge in [0.2, 0.25) is 0 Å². The van der Waals surface area contributed by atoms with Crippen molar-refractivity contribution in [2.75, 3.05) is 5.32 Å². The van der Waals surface area contributed by atoms with Gasteiger partial charge < -0.3 is 5.32 Å². The molecule has 3 aromatic rings. The molecule has 2 aromatic heterocycles. The van der Waals surface area contributed by atoms with Crippen molar-refractivity contribution >= 4 is 39.9 Å². The summed E-state index contributed by atoms with van der Waals surface area (Å²) in [5.74, 6) is 0. The molecule has 4 nitrogen and oxygen atoms in total. The molecule has 3 rings (SSSR count). The minimum absolute atomic E-state index is 0.355. The van der Waals surface area contributed by atoms with Crippen LogP contribution in [-0.2, 0) is 6.54 Å². The van der Waals surface area contributed by atoms with Gasteiger partial charge in [0.05, 0.1) is 35.2 Å². The Balaban J connectivity index is 1.83. The average Bonchev–Trinajstić information content (AvgIpc) is 2.46. The summed E-state index contributed by atoms with van der Waals surface area (Å²) >= 11 is 12.0. The molecule has 6 heteroatoms. The van der Waals surface area contributed by atoms with Crippen LogP contribution >= 0.6 is 23.2 Å². The molecule has 1 aromatic carbocycles. The van der Waals surface area contributed by atoms with Gasteiger partial charge in [0.25, 0.3) is 0 Å². The zero-order valence-electron chi connectivity index (χ0n) is 11.3. The molecule has 0 saturated carbocycles. The minimum Gasteiger partial charge on any atom is -0.377 e. The third kappa shape index (κ3) is 3.06. The Morgan fingerprint density at radius 2 is 1.86 bits per heavy atom.